The molecule has 0 aliphatic rings. The molecule has 21 heavy (non-hydrogen) atoms. The van der Waals surface area contributed by atoms with Crippen LogP contribution in [0.25, 0.3) is 0 Å². The molecule has 6 nitrogen and oxygen atoms in total. The molecule has 0 radical (unpaired) electrons. The van der Waals surface area contributed by atoms with Crippen molar-refractivity contribution in [2.45, 2.75) is 19.6 Å². The van der Waals surface area contributed by atoms with Gasteiger partial charge in [-0.05, 0) is 11.1 Å². The summed E-state index contributed by atoms with van der Waals surface area (Å²) < 4.78 is 1.13. The van der Waals surface area contributed by atoms with E-state index in [-0.39, 0.29) is 18.2 Å². The van der Waals surface area contributed by atoms with E-state index in [9.17, 15) is 4.79 Å². The molecule has 0 spiro atoms. The summed E-state index contributed by atoms with van der Waals surface area (Å²) in [5.41, 5.74) is 7.70. The van der Waals surface area contributed by atoms with Gasteiger partial charge in [0.05, 0.1) is 25.0 Å². The average Bonchev–Trinajstić information content (AvgIpc) is 2.52. The number of nitrogens with two attached hydrogens (primary N) is 1. The standard InChI is InChI=1S/C14H17ClN4O2/c15-13-12(9-18-19(5-6-20)14(13)21)17-8-11-3-1-10(7-16)2-4-11/h1-4,9,17,20H,5-8,16H2. The topological polar surface area (TPSA) is 93.2 Å². The van der Waals surface area contributed by atoms with E-state index < -0.39 is 5.56 Å². The molecule has 0 unspecified atom stereocenters. The number of hydrogen-bond acceptors (Lipinski definition) is 5. The molecule has 2 aromatic rings. The summed E-state index contributed by atoms with van der Waals surface area (Å²) in [6.45, 7) is 0.991. The van der Waals surface area contributed by atoms with Crippen molar-refractivity contribution in [2.24, 2.45) is 5.73 Å². The van der Waals surface area contributed by atoms with Gasteiger partial charge in [0.2, 0.25) is 0 Å². The van der Waals surface area contributed by atoms with Crippen molar-refractivity contribution in [1.82, 2.24) is 9.78 Å². The van der Waals surface area contributed by atoms with Gasteiger partial charge < -0.3 is 16.2 Å². The molecule has 0 aliphatic carbocycles. The zero-order valence-electron chi connectivity index (χ0n) is 11.4. The summed E-state index contributed by atoms with van der Waals surface area (Å²) in [5.74, 6) is 0. The molecule has 1 heterocycles. The van der Waals surface area contributed by atoms with Gasteiger partial charge in [-0.3, -0.25) is 4.79 Å². The minimum absolute atomic E-state index is 0.0667. The quantitative estimate of drug-likeness (QED) is 0.739. The number of aliphatic hydroxyl groups is 1. The summed E-state index contributed by atoms with van der Waals surface area (Å²) >= 11 is 6.01. The third-order valence-corrected chi connectivity index (χ3v) is 3.40. The molecule has 1 aromatic carbocycles. The maximum absolute atomic E-state index is 11.9. The number of aromatic nitrogens is 2. The molecule has 0 atom stereocenters. The Hall–Kier alpha value is -1.89. The lowest BCUT2D eigenvalue weighted by Crippen LogP contribution is -2.25. The Kier molecular flexibility index (Phi) is 5.32. The number of nitrogens with zero attached hydrogens (tertiary/aromatic N) is 2. The van der Waals surface area contributed by atoms with Crippen molar-refractivity contribution in [3.8, 4) is 0 Å². The Morgan fingerprint density at radius 2 is 1.95 bits per heavy atom. The molecule has 0 fully saturated rings. The van der Waals surface area contributed by atoms with Gasteiger partial charge >= 0.3 is 0 Å². The highest BCUT2D eigenvalue weighted by molar-refractivity contribution is 6.32. The largest absolute Gasteiger partial charge is 0.394 e. The van der Waals surface area contributed by atoms with E-state index in [0.29, 0.717) is 18.8 Å². The Bertz CT molecular complexity index is 655. The fourth-order valence-electron chi connectivity index (χ4n) is 1.83. The van der Waals surface area contributed by atoms with Crippen LogP contribution in [0, 0.1) is 0 Å². The van der Waals surface area contributed by atoms with Crippen LogP contribution in [0.2, 0.25) is 5.02 Å². The van der Waals surface area contributed by atoms with E-state index in [0.717, 1.165) is 15.8 Å². The lowest BCUT2D eigenvalue weighted by atomic mass is 10.1. The Balaban J connectivity index is 2.09. The van der Waals surface area contributed by atoms with E-state index in [1.54, 1.807) is 0 Å². The molecule has 0 saturated heterocycles. The second kappa shape index (κ2) is 7.21. The second-order valence-corrected chi connectivity index (χ2v) is 4.88. The minimum atomic E-state index is -0.422. The summed E-state index contributed by atoms with van der Waals surface area (Å²) in [5, 5.41) is 15.9. The van der Waals surface area contributed by atoms with Crippen LogP contribution in [-0.4, -0.2) is 21.5 Å². The molecule has 0 saturated carbocycles. The molecule has 4 N–H and O–H groups in total. The number of benzene rings is 1. The number of rotatable bonds is 6. The van der Waals surface area contributed by atoms with E-state index in [4.69, 9.17) is 22.4 Å². The third kappa shape index (κ3) is 3.81. The van der Waals surface area contributed by atoms with Crippen molar-refractivity contribution in [3.63, 3.8) is 0 Å². The zero-order chi connectivity index (χ0) is 15.2. The van der Waals surface area contributed by atoms with Gasteiger partial charge in [-0.25, -0.2) is 4.68 Å². The first-order valence-corrected chi connectivity index (χ1v) is 6.91. The molecule has 112 valence electrons. The van der Waals surface area contributed by atoms with Crippen molar-refractivity contribution in [1.29, 1.82) is 0 Å². The van der Waals surface area contributed by atoms with Gasteiger partial charge in [-0.15, -0.1) is 0 Å². The molecule has 0 aliphatic heterocycles. The normalized spacial score (nSPS) is 10.6. The minimum Gasteiger partial charge on any atom is -0.394 e. The maximum Gasteiger partial charge on any atom is 0.287 e. The zero-order valence-corrected chi connectivity index (χ0v) is 12.2. The second-order valence-electron chi connectivity index (χ2n) is 4.50. The van der Waals surface area contributed by atoms with Gasteiger partial charge in [-0.2, -0.15) is 5.10 Å². The van der Waals surface area contributed by atoms with Gasteiger partial charge in [0.15, 0.2) is 0 Å². The highest BCUT2D eigenvalue weighted by Crippen LogP contribution is 2.16. The van der Waals surface area contributed by atoms with Crippen LogP contribution in [0.3, 0.4) is 0 Å². The van der Waals surface area contributed by atoms with Crippen LogP contribution in [0.5, 0.6) is 0 Å². The molecule has 0 amide bonds. The van der Waals surface area contributed by atoms with Crippen molar-refractivity contribution >= 4 is 17.3 Å². The van der Waals surface area contributed by atoms with E-state index >= 15 is 0 Å². The Morgan fingerprint density at radius 1 is 1.29 bits per heavy atom. The van der Waals surface area contributed by atoms with E-state index in [1.165, 1.54) is 6.20 Å². The van der Waals surface area contributed by atoms with Crippen molar-refractivity contribution in [3.05, 3.63) is 57.0 Å². The van der Waals surface area contributed by atoms with E-state index in [2.05, 4.69) is 10.4 Å². The third-order valence-electron chi connectivity index (χ3n) is 3.04. The van der Waals surface area contributed by atoms with Gasteiger partial charge in [0, 0.05) is 13.1 Å². The number of nitrogens with one attached hydrogen (secondary N) is 1. The van der Waals surface area contributed by atoms with Crippen LogP contribution in [0.15, 0.2) is 35.3 Å². The highest BCUT2D eigenvalue weighted by Gasteiger charge is 2.08. The van der Waals surface area contributed by atoms with Crippen LogP contribution >= 0.6 is 11.6 Å². The van der Waals surface area contributed by atoms with Gasteiger partial charge in [-0.1, -0.05) is 35.9 Å². The van der Waals surface area contributed by atoms with Crippen molar-refractivity contribution in [2.75, 3.05) is 11.9 Å². The molecule has 2 rings (SSSR count). The van der Waals surface area contributed by atoms with Crippen LogP contribution < -0.4 is 16.6 Å². The monoisotopic (exact) mass is 308 g/mol. The molecule has 7 heteroatoms. The van der Waals surface area contributed by atoms with Crippen LogP contribution in [0.1, 0.15) is 11.1 Å². The fraction of sp³-hybridized carbons (Fsp3) is 0.286. The Morgan fingerprint density at radius 3 is 2.57 bits per heavy atom. The predicted molar refractivity (Wildman–Crippen MR) is 82.3 cm³/mol. The summed E-state index contributed by atoms with van der Waals surface area (Å²) in [6, 6.07) is 7.83. The summed E-state index contributed by atoms with van der Waals surface area (Å²) in [4.78, 5) is 11.9. The smallest absolute Gasteiger partial charge is 0.287 e. The summed E-state index contributed by atoms with van der Waals surface area (Å²) in [7, 11) is 0. The first kappa shape index (κ1) is 15.5. The fourth-order valence-corrected chi connectivity index (χ4v) is 2.05. The van der Waals surface area contributed by atoms with Crippen LogP contribution in [0.4, 0.5) is 5.69 Å². The highest BCUT2D eigenvalue weighted by atomic mass is 35.5. The lowest BCUT2D eigenvalue weighted by Gasteiger charge is -2.10. The Labute approximate surface area is 127 Å². The maximum atomic E-state index is 11.9. The summed E-state index contributed by atoms with van der Waals surface area (Å²) in [6.07, 6.45) is 1.48. The predicted octanol–water partition coefficient (Wildman–Crippen LogP) is 0.960. The van der Waals surface area contributed by atoms with Crippen LogP contribution in [-0.2, 0) is 19.6 Å². The molecule has 0 bridgehead atoms. The van der Waals surface area contributed by atoms with Gasteiger partial charge in [0.1, 0.15) is 5.02 Å². The van der Waals surface area contributed by atoms with Gasteiger partial charge in [0.25, 0.3) is 5.56 Å². The number of hydrogen-bond donors (Lipinski definition) is 3. The SMILES string of the molecule is NCc1ccc(CNc2cnn(CCO)c(=O)c2Cl)cc1. The first-order valence-electron chi connectivity index (χ1n) is 6.54. The van der Waals surface area contributed by atoms with E-state index in [1.807, 2.05) is 24.3 Å². The average molecular weight is 309 g/mol. The number of anilines is 1. The first-order chi connectivity index (χ1) is 10.2. The number of aliphatic hydroxyl groups excluding tert-OH is 1. The lowest BCUT2D eigenvalue weighted by molar-refractivity contribution is 0.266. The molecule has 1 aromatic heterocycles. The number of halogens is 1. The molecular formula is C14H17ClN4O2. The molecular weight excluding hydrogens is 292 g/mol. The van der Waals surface area contributed by atoms with Crippen molar-refractivity contribution < 1.29 is 5.11 Å².